The van der Waals surface area contributed by atoms with Crippen LogP contribution in [0.3, 0.4) is 0 Å². The molecule has 0 bridgehead atoms. The number of anilines is 1. The molecule has 0 aliphatic carbocycles. The first-order chi connectivity index (χ1) is 9.36. The van der Waals surface area contributed by atoms with E-state index in [4.69, 9.17) is 5.73 Å². The van der Waals surface area contributed by atoms with Gasteiger partial charge < -0.3 is 15.8 Å². The third-order valence-electron chi connectivity index (χ3n) is 3.14. The van der Waals surface area contributed by atoms with Gasteiger partial charge in [-0.2, -0.15) is 0 Å². The lowest BCUT2D eigenvalue weighted by atomic mass is 9.93. The Balaban J connectivity index is 2.42. The summed E-state index contributed by atoms with van der Waals surface area (Å²) in [6.07, 6.45) is 0.919. The van der Waals surface area contributed by atoms with Gasteiger partial charge in [0.25, 0.3) is 0 Å². The van der Waals surface area contributed by atoms with E-state index >= 15 is 0 Å². The molecule has 20 heavy (non-hydrogen) atoms. The van der Waals surface area contributed by atoms with Crippen LogP contribution in [0.25, 0.3) is 0 Å². The fourth-order valence-electron chi connectivity index (χ4n) is 1.77. The standard InChI is InChI=1S/C15H22N2O3/c1-15(2,14(19)20-3)10-17-13(18)9-8-11-6-4-5-7-12(11)16/h4-7H,8-10,16H2,1-3H3,(H,17,18). The summed E-state index contributed by atoms with van der Waals surface area (Å²) in [5, 5.41) is 2.75. The van der Waals surface area contributed by atoms with Crippen molar-refractivity contribution in [2.24, 2.45) is 5.41 Å². The van der Waals surface area contributed by atoms with Gasteiger partial charge >= 0.3 is 5.97 Å². The summed E-state index contributed by atoms with van der Waals surface area (Å²) < 4.78 is 4.69. The zero-order valence-corrected chi connectivity index (χ0v) is 12.2. The predicted octanol–water partition coefficient (Wildman–Crippen LogP) is 1.52. The summed E-state index contributed by atoms with van der Waals surface area (Å²) in [6, 6.07) is 7.47. The summed E-state index contributed by atoms with van der Waals surface area (Å²) >= 11 is 0. The SMILES string of the molecule is COC(=O)C(C)(C)CNC(=O)CCc1ccccc1N. The minimum Gasteiger partial charge on any atom is -0.469 e. The minimum atomic E-state index is -0.726. The van der Waals surface area contributed by atoms with Crippen LogP contribution in [-0.4, -0.2) is 25.5 Å². The van der Waals surface area contributed by atoms with Gasteiger partial charge in [-0.05, 0) is 31.9 Å². The monoisotopic (exact) mass is 278 g/mol. The van der Waals surface area contributed by atoms with Gasteiger partial charge in [-0.3, -0.25) is 9.59 Å². The molecule has 1 aromatic rings. The number of methoxy groups -OCH3 is 1. The Kier molecular flexibility index (Phi) is 5.55. The van der Waals surface area contributed by atoms with Gasteiger partial charge in [-0.1, -0.05) is 18.2 Å². The summed E-state index contributed by atoms with van der Waals surface area (Å²) in [4.78, 5) is 23.3. The van der Waals surface area contributed by atoms with Crippen LogP contribution in [0, 0.1) is 5.41 Å². The van der Waals surface area contributed by atoms with Crippen molar-refractivity contribution in [2.45, 2.75) is 26.7 Å². The van der Waals surface area contributed by atoms with Crippen LogP contribution in [0.2, 0.25) is 0 Å². The third kappa shape index (κ3) is 4.57. The van der Waals surface area contributed by atoms with Crippen molar-refractivity contribution in [3.8, 4) is 0 Å². The van der Waals surface area contributed by atoms with Crippen molar-refractivity contribution >= 4 is 17.6 Å². The van der Waals surface area contributed by atoms with E-state index in [-0.39, 0.29) is 18.4 Å². The molecule has 0 saturated heterocycles. The van der Waals surface area contributed by atoms with Crippen LogP contribution in [-0.2, 0) is 20.7 Å². The fourth-order valence-corrected chi connectivity index (χ4v) is 1.77. The molecule has 0 aliphatic rings. The van der Waals surface area contributed by atoms with Gasteiger partial charge in [0.1, 0.15) is 0 Å². The van der Waals surface area contributed by atoms with Gasteiger partial charge in [0, 0.05) is 18.7 Å². The number of esters is 1. The predicted molar refractivity (Wildman–Crippen MR) is 78.0 cm³/mol. The Labute approximate surface area is 119 Å². The number of carbonyl (C=O) groups excluding carboxylic acids is 2. The Bertz CT molecular complexity index is 484. The number of ether oxygens (including phenoxy) is 1. The Morgan fingerprint density at radius 1 is 1.30 bits per heavy atom. The molecule has 0 unspecified atom stereocenters. The number of para-hydroxylation sites is 1. The molecule has 0 radical (unpaired) electrons. The molecule has 0 aliphatic heterocycles. The molecule has 5 nitrogen and oxygen atoms in total. The molecule has 0 heterocycles. The van der Waals surface area contributed by atoms with E-state index in [1.165, 1.54) is 7.11 Å². The van der Waals surface area contributed by atoms with Gasteiger partial charge in [0.15, 0.2) is 0 Å². The molecule has 1 aromatic carbocycles. The molecule has 0 fully saturated rings. The second kappa shape index (κ2) is 6.93. The lowest BCUT2D eigenvalue weighted by molar-refractivity contribution is -0.150. The van der Waals surface area contributed by atoms with E-state index in [1.54, 1.807) is 13.8 Å². The molecular weight excluding hydrogens is 256 g/mol. The first-order valence-electron chi connectivity index (χ1n) is 6.55. The highest BCUT2D eigenvalue weighted by Crippen LogP contribution is 2.16. The average molecular weight is 278 g/mol. The zero-order chi connectivity index (χ0) is 15.2. The second-order valence-corrected chi connectivity index (χ2v) is 5.35. The minimum absolute atomic E-state index is 0.106. The number of aryl methyl sites for hydroxylation is 1. The third-order valence-corrected chi connectivity index (χ3v) is 3.14. The van der Waals surface area contributed by atoms with E-state index in [2.05, 4.69) is 10.1 Å². The van der Waals surface area contributed by atoms with Crippen LogP contribution in [0.15, 0.2) is 24.3 Å². The smallest absolute Gasteiger partial charge is 0.313 e. The van der Waals surface area contributed by atoms with Crippen molar-refractivity contribution in [2.75, 3.05) is 19.4 Å². The number of nitrogens with two attached hydrogens (primary N) is 1. The number of amides is 1. The molecular formula is C15H22N2O3. The first-order valence-corrected chi connectivity index (χ1v) is 6.55. The molecule has 110 valence electrons. The van der Waals surface area contributed by atoms with Crippen molar-refractivity contribution in [1.82, 2.24) is 5.32 Å². The molecule has 1 amide bonds. The topological polar surface area (TPSA) is 81.4 Å². The highest BCUT2D eigenvalue weighted by molar-refractivity contribution is 5.79. The highest BCUT2D eigenvalue weighted by Gasteiger charge is 2.28. The largest absolute Gasteiger partial charge is 0.469 e. The number of nitrogens with one attached hydrogen (secondary N) is 1. The summed E-state index contributed by atoms with van der Waals surface area (Å²) in [7, 11) is 1.34. The summed E-state index contributed by atoms with van der Waals surface area (Å²) in [5.74, 6) is -0.449. The molecule has 0 aromatic heterocycles. The molecule has 5 heteroatoms. The van der Waals surface area contributed by atoms with E-state index in [9.17, 15) is 9.59 Å². The molecule has 0 saturated carbocycles. The van der Waals surface area contributed by atoms with Gasteiger partial charge in [0.05, 0.1) is 12.5 Å². The van der Waals surface area contributed by atoms with E-state index in [1.807, 2.05) is 24.3 Å². The second-order valence-electron chi connectivity index (χ2n) is 5.35. The normalized spacial score (nSPS) is 10.9. The van der Waals surface area contributed by atoms with Crippen molar-refractivity contribution < 1.29 is 14.3 Å². The number of carbonyl (C=O) groups is 2. The summed E-state index contributed by atoms with van der Waals surface area (Å²) in [5.41, 5.74) is 6.73. The van der Waals surface area contributed by atoms with Gasteiger partial charge in [-0.15, -0.1) is 0 Å². The van der Waals surface area contributed by atoms with Crippen molar-refractivity contribution in [3.05, 3.63) is 29.8 Å². The van der Waals surface area contributed by atoms with Crippen LogP contribution >= 0.6 is 0 Å². The number of rotatable bonds is 6. The van der Waals surface area contributed by atoms with E-state index in [0.29, 0.717) is 18.5 Å². The number of hydrogen-bond donors (Lipinski definition) is 2. The molecule has 1 rings (SSSR count). The number of benzene rings is 1. The number of hydrogen-bond acceptors (Lipinski definition) is 4. The zero-order valence-electron chi connectivity index (χ0n) is 12.2. The van der Waals surface area contributed by atoms with Crippen LogP contribution in [0.4, 0.5) is 5.69 Å². The Morgan fingerprint density at radius 3 is 2.55 bits per heavy atom. The first kappa shape index (κ1) is 16.0. The quantitative estimate of drug-likeness (QED) is 0.610. The van der Waals surface area contributed by atoms with Crippen molar-refractivity contribution in [1.29, 1.82) is 0 Å². The summed E-state index contributed by atoms with van der Waals surface area (Å²) in [6.45, 7) is 3.71. The van der Waals surface area contributed by atoms with E-state index in [0.717, 1.165) is 5.56 Å². The molecule has 0 spiro atoms. The number of nitrogen functional groups attached to an aromatic ring is 1. The fraction of sp³-hybridized carbons (Fsp3) is 0.467. The van der Waals surface area contributed by atoms with Gasteiger partial charge in [0.2, 0.25) is 5.91 Å². The van der Waals surface area contributed by atoms with Crippen molar-refractivity contribution in [3.63, 3.8) is 0 Å². The lowest BCUT2D eigenvalue weighted by Crippen LogP contribution is -2.39. The van der Waals surface area contributed by atoms with Crippen LogP contribution < -0.4 is 11.1 Å². The maximum Gasteiger partial charge on any atom is 0.313 e. The van der Waals surface area contributed by atoms with E-state index < -0.39 is 5.41 Å². The highest BCUT2D eigenvalue weighted by atomic mass is 16.5. The average Bonchev–Trinajstić information content (AvgIpc) is 2.43. The Hall–Kier alpha value is -2.04. The molecule has 0 atom stereocenters. The van der Waals surface area contributed by atoms with Crippen LogP contribution in [0.1, 0.15) is 25.8 Å². The maximum absolute atomic E-state index is 11.8. The van der Waals surface area contributed by atoms with Crippen LogP contribution in [0.5, 0.6) is 0 Å². The maximum atomic E-state index is 11.8. The lowest BCUT2D eigenvalue weighted by Gasteiger charge is -2.21. The molecule has 3 N–H and O–H groups in total. The Morgan fingerprint density at radius 2 is 1.95 bits per heavy atom. The van der Waals surface area contributed by atoms with Gasteiger partial charge in [-0.25, -0.2) is 0 Å².